The van der Waals surface area contributed by atoms with Crippen LogP contribution in [0.5, 0.6) is 5.75 Å². The molecule has 1 aromatic heterocycles. The topological polar surface area (TPSA) is 35.0 Å². The van der Waals surface area contributed by atoms with Crippen LogP contribution in [0.3, 0.4) is 0 Å². The van der Waals surface area contributed by atoms with Crippen LogP contribution in [0.25, 0.3) is 11.4 Å². The first-order valence-corrected chi connectivity index (χ1v) is 6.58. The first kappa shape index (κ1) is 13.8. The molecule has 0 unspecified atom stereocenters. The van der Waals surface area contributed by atoms with Crippen molar-refractivity contribution in [3.05, 3.63) is 40.7 Å². The van der Waals surface area contributed by atoms with Crippen molar-refractivity contribution < 1.29 is 4.74 Å². The van der Waals surface area contributed by atoms with Gasteiger partial charge in [-0.3, -0.25) is 0 Å². The van der Waals surface area contributed by atoms with Gasteiger partial charge in [-0.1, -0.05) is 31.5 Å². The van der Waals surface area contributed by atoms with E-state index in [0.717, 1.165) is 22.6 Å². The zero-order chi connectivity index (χ0) is 14.0. The van der Waals surface area contributed by atoms with Crippen LogP contribution in [0.2, 0.25) is 5.15 Å². The second-order valence-corrected chi connectivity index (χ2v) is 5.18. The van der Waals surface area contributed by atoms with Gasteiger partial charge in [-0.2, -0.15) is 0 Å². The lowest BCUT2D eigenvalue weighted by Crippen LogP contribution is -1.99. The third-order valence-electron chi connectivity index (χ3n) is 2.90. The Balaban J connectivity index is 2.58. The average Bonchev–Trinajstić information content (AvgIpc) is 2.37. The number of ether oxygens (including phenoxy) is 1. The monoisotopic (exact) mass is 276 g/mol. The molecular weight excluding hydrogens is 260 g/mol. The summed E-state index contributed by atoms with van der Waals surface area (Å²) in [6.45, 7) is 6.17. The van der Waals surface area contributed by atoms with Gasteiger partial charge in [-0.05, 0) is 36.6 Å². The highest BCUT2D eigenvalue weighted by molar-refractivity contribution is 6.29. The number of benzene rings is 1. The molecule has 2 aromatic rings. The third-order valence-corrected chi connectivity index (χ3v) is 3.10. The molecule has 4 heteroatoms. The molecule has 3 nitrogen and oxygen atoms in total. The summed E-state index contributed by atoms with van der Waals surface area (Å²) >= 11 is 6.08. The maximum absolute atomic E-state index is 6.08. The average molecular weight is 277 g/mol. The van der Waals surface area contributed by atoms with Crippen LogP contribution in [0.1, 0.15) is 31.0 Å². The number of hydrogen-bond acceptors (Lipinski definition) is 3. The number of nitrogens with zero attached hydrogens (tertiary/aromatic N) is 2. The highest BCUT2D eigenvalue weighted by Crippen LogP contribution is 2.30. The van der Waals surface area contributed by atoms with E-state index < -0.39 is 0 Å². The standard InChI is InChI=1S/C15H17ClN2O/c1-9(2)12-8-14(16)18-15(17-12)11-6-5-10(3)7-13(11)19-4/h5-9H,1-4H3. The Bertz CT molecular complexity index is 597. The molecule has 0 atom stereocenters. The summed E-state index contributed by atoms with van der Waals surface area (Å²) < 4.78 is 5.40. The van der Waals surface area contributed by atoms with Gasteiger partial charge in [0.25, 0.3) is 0 Å². The molecule has 0 aliphatic heterocycles. The Morgan fingerprint density at radius 2 is 1.89 bits per heavy atom. The molecule has 19 heavy (non-hydrogen) atoms. The Morgan fingerprint density at radius 1 is 1.16 bits per heavy atom. The Hall–Kier alpha value is -1.61. The second kappa shape index (κ2) is 5.57. The molecule has 1 aromatic carbocycles. The van der Waals surface area contributed by atoms with Gasteiger partial charge in [0.05, 0.1) is 12.7 Å². The SMILES string of the molecule is COc1cc(C)ccc1-c1nc(Cl)cc(C(C)C)n1. The highest BCUT2D eigenvalue weighted by Gasteiger charge is 2.12. The number of hydrogen-bond donors (Lipinski definition) is 0. The molecule has 0 saturated heterocycles. The van der Waals surface area contributed by atoms with E-state index >= 15 is 0 Å². The fraction of sp³-hybridized carbons (Fsp3) is 0.333. The van der Waals surface area contributed by atoms with Crippen molar-refractivity contribution in [3.8, 4) is 17.1 Å². The summed E-state index contributed by atoms with van der Waals surface area (Å²) in [5, 5.41) is 0.455. The van der Waals surface area contributed by atoms with Gasteiger partial charge in [0.1, 0.15) is 10.9 Å². The summed E-state index contributed by atoms with van der Waals surface area (Å²) in [6.07, 6.45) is 0. The minimum Gasteiger partial charge on any atom is -0.496 e. The van der Waals surface area contributed by atoms with Crippen LogP contribution in [0.15, 0.2) is 24.3 Å². The van der Waals surface area contributed by atoms with Crippen LogP contribution in [-0.2, 0) is 0 Å². The second-order valence-electron chi connectivity index (χ2n) is 4.80. The van der Waals surface area contributed by atoms with Gasteiger partial charge in [0.15, 0.2) is 5.82 Å². The Kier molecular flexibility index (Phi) is 4.05. The van der Waals surface area contributed by atoms with Gasteiger partial charge in [-0.15, -0.1) is 0 Å². The first-order chi connectivity index (χ1) is 9.01. The summed E-state index contributed by atoms with van der Waals surface area (Å²) in [6, 6.07) is 7.74. The van der Waals surface area contributed by atoms with Crippen LogP contribution in [-0.4, -0.2) is 17.1 Å². The molecule has 0 N–H and O–H groups in total. The Labute approximate surface area is 118 Å². The number of methoxy groups -OCH3 is 1. The lowest BCUT2D eigenvalue weighted by atomic mass is 10.1. The minimum absolute atomic E-state index is 0.302. The largest absolute Gasteiger partial charge is 0.496 e. The zero-order valence-corrected chi connectivity index (χ0v) is 12.3. The molecule has 0 aliphatic rings. The number of aryl methyl sites for hydroxylation is 1. The Morgan fingerprint density at radius 3 is 2.53 bits per heavy atom. The van der Waals surface area contributed by atoms with Crippen molar-refractivity contribution in [2.75, 3.05) is 7.11 Å². The van der Waals surface area contributed by atoms with Crippen molar-refractivity contribution in [2.24, 2.45) is 0 Å². The third kappa shape index (κ3) is 3.04. The van der Waals surface area contributed by atoms with Crippen molar-refractivity contribution in [1.29, 1.82) is 0 Å². The van der Waals surface area contributed by atoms with E-state index in [-0.39, 0.29) is 0 Å². The lowest BCUT2D eigenvalue weighted by Gasteiger charge is -2.11. The molecule has 0 fully saturated rings. The van der Waals surface area contributed by atoms with E-state index in [4.69, 9.17) is 16.3 Å². The zero-order valence-electron chi connectivity index (χ0n) is 11.6. The van der Waals surface area contributed by atoms with E-state index in [1.165, 1.54) is 0 Å². The smallest absolute Gasteiger partial charge is 0.164 e. The van der Waals surface area contributed by atoms with Crippen molar-refractivity contribution in [2.45, 2.75) is 26.7 Å². The summed E-state index contributed by atoms with van der Waals surface area (Å²) in [4.78, 5) is 8.87. The fourth-order valence-corrected chi connectivity index (χ4v) is 2.03. The highest BCUT2D eigenvalue weighted by atomic mass is 35.5. The van der Waals surface area contributed by atoms with Gasteiger partial charge in [0.2, 0.25) is 0 Å². The fourth-order valence-electron chi connectivity index (χ4n) is 1.83. The number of aromatic nitrogens is 2. The van der Waals surface area contributed by atoms with Crippen LogP contribution in [0, 0.1) is 6.92 Å². The van der Waals surface area contributed by atoms with Crippen LogP contribution in [0.4, 0.5) is 0 Å². The maximum atomic E-state index is 6.08. The molecule has 0 amide bonds. The van der Waals surface area contributed by atoms with Crippen molar-refractivity contribution in [1.82, 2.24) is 9.97 Å². The lowest BCUT2D eigenvalue weighted by molar-refractivity contribution is 0.416. The molecule has 0 saturated carbocycles. The van der Waals surface area contributed by atoms with Gasteiger partial charge >= 0.3 is 0 Å². The van der Waals surface area contributed by atoms with Crippen LogP contribution >= 0.6 is 11.6 Å². The predicted octanol–water partition coefficient (Wildman–Crippen LogP) is 4.24. The quantitative estimate of drug-likeness (QED) is 0.787. The van der Waals surface area contributed by atoms with Crippen molar-refractivity contribution >= 4 is 11.6 Å². The molecular formula is C15H17ClN2O. The summed E-state index contributed by atoms with van der Waals surface area (Å²) in [5.41, 5.74) is 2.92. The van der Waals surface area contributed by atoms with Crippen molar-refractivity contribution in [3.63, 3.8) is 0 Å². The first-order valence-electron chi connectivity index (χ1n) is 6.20. The summed E-state index contributed by atoms with van der Waals surface area (Å²) in [7, 11) is 1.65. The van der Waals surface area contributed by atoms with Gasteiger partial charge in [0, 0.05) is 5.69 Å². The molecule has 0 spiro atoms. The molecule has 2 rings (SSSR count). The normalized spacial score (nSPS) is 10.8. The number of halogens is 1. The van der Waals surface area contributed by atoms with Gasteiger partial charge in [-0.25, -0.2) is 9.97 Å². The van der Waals surface area contributed by atoms with E-state index in [2.05, 4.69) is 23.8 Å². The summed E-state index contributed by atoms with van der Waals surface area (Å²) in [5.74, 6) is 1.67. The number of rotatable bonds is 3. The van der Waals surface area contributed by atoms with Crippen LogP contribution < -0.4 is 4.74 Å². The van der Waals surface area contributed by atoms with E-state index in [0.29, 0.717) is 16.9 Å². The van der Waals surface area contributed by atoms with E-state index in [1.54, 1.807) is 13.2 Å². The van der Waals surface area contributed by atoms with E-state index in [9.17, 15) is 0 Å². The molecule has 1 heterocycles. The minimum atomic E-state index is 0.302. The predicted molar refractivity (Wildman–Crippen MR) is 77.9 cm³/mol. The van der Waals surface area contributed by atoms with E-state index in [1.807, 2.05) is 25.1 Å². The molecule has 100 valence electrons. The molecule has 0 bridgehead atoms. The van der Waals surface area contributed by atoms with Gasteiger partial charge < -0.3 is 4.74 Å². The molecule has 0 aliphatic carbocycles. The maximum Gasteiger partial charge on any atom is 0.164 e. The molecule has 0 radical (unpaired) electrons.